The number of rotatable bonds is 7. The maximum Gasteiger partial charge on any atom is 0.134 e. The van der Waals surface area contributed by atoms with Crippen LogP contribution in [0.2, 0.25) is 0 Å². The summed E-state index contributed by atoms with van der Waals surface area (Å²) in [5.41, 5.74) is 2.95. The van der Waals surface area contributed by atoms with Crippen molar-refractivity contribution < 1.29 is 4.74 Å². The number of hydrogen-bond donors (Lipinski definition) is 1. The van der Waals surface area contributed by atoms with Crippen LogP contribution in [0.15, 0.2) is 67.0 Å². The van der Waals surface area contributed by atoms with Crippen molar-refractivity contribution in [3.63, 3.8) is 0 Å². The molecule has 2 aromatic carbocycles. The van der Waals surface area contributed by atoms with Crippen molar-refractivity contribution in [2.45, 2.75) is 19.3 Å². The molecule has 0 atom stereocenters. The highest BCUT2D eigenvalue weighted by molar-refractivity contribution is 5.65. The van der Waals surface area contributed by atoms with E-state index in [1.54, 1.807) is 6.33 Å². The van der Waals surface area contributed by atoms with E-state index in [1.807, 2.05) is 60.7 Å². The molecule has 1 fully saturated rings. The summed E-state index contributed by atoms with van der Waals surface area (Å²) >= 11 is 0. The molecule has 1 aromatic heterocycles. The summed E-state index contributed by atoms with van der Waals surface area (Å²) in [5.74, 6) is 1.67. The van der Waals surface area contributed by atoms with Crippen LogP contribution in [0.25, 0.3) is 11.3 Å². The maximum atomic E-state index is 5.90. The Hall–Kier alpha value is -2.92. The van der Waals surface area contributed by atoms with E-state index in [9.17, 15) is 0 Å². The topological polar surface area (TPSA) is 50.3 Å². The lowest BCUT2D eigenvalue weighted by Crippen LogP contribution is -2.33. The van der Waals surface area contributed by atoms with Gasteiger partial charge in [0.2, 0.25) is 0 Å². The number of anilines is 2. The van der Waals surface area contributed by atoms with Gasteiger partial charge in [-0.1, -0.05) is 36.8 Å². The molecule has 28 heavy (non-hydrogen) atoms. The molecule has 0 spiro atoms. The first-order valence-electron chi connectivity index (χ1n) is 9.96. The van der Waals surface area contributed by atoms with Crippen LogP contribution in [-0.2, 0) is 0 Å². The van der Waals surface area contributed by atoms with Gasteiger partial charge in [-0.3, -0.25) is 4.90 Å². The summed E-state index contributed by atoms with van der Waals surface area (Å²) in [5, 5.41) is 3.33. The van der Waals surface area contributed by atoms with Crippen LogP contribution < -0.4 is 10.1 Å². The third-order valence-electron chi connectivity index (χ3n) is 4.99. The first kappa shape index (κ1) is 18.4. The third-order valence-corrected chi connectivity index (χ3v) is 4.99. The van der Waals surface area contributed by atoms with E-state index >= 15 is 0 Å². The van der Waals surface area contributed by atoms with Crippen molar-refractivity contribution in [2.24, 2.45) is 0 Å². The maximum absolute atomic E-state index is 5.90. The molecule has 1 N–H and O–H groups in total. The SMILES string of the molecule is c1ccc(-c2cc(Nc3ccc(OCCN4CCCCC4)cc3)ncn2)cc1. The number of hydrogen-bond acceptors (Lipinski definition) is 5. The third kappa shape index (κ3) is 5.08. The molecule has 0 unspecified atom stereocenters. The Bertz CT molecular complexity index is 861. The minimum absolute atomic E-state index is 0.735. The molecule has 0 saturated carbocycles. The number of nitrogens with zero attached hydrogens (tertiary/aromatic N) is 3. The fraction of sp³-hybridized carbons (Fsp3) is 0.304. The highest BCUT2D eigenvalue weighted by Gasteiger charge is 2.09. The summed E-state index contributed by atoms with van der Waals surface area (Å²) in [6, 6.07) is 20.1. The Morgan fingerprint density at radius 3 is 2.46 bits per heavy atom. The van der Waals surface area contributed by atoms with Crippen LogP contribution in [0, 0.1) is 0 Å². The molecule has 0 bridgehead atoms. The van der Waals surface area contributed by atoms with Gasteiger partial charge in [0.15, 0.2) is 0 Å². The largest absolute Gasteiger partial charge is 0.492 e. The Balaban J connectivity index is 1.32. The molecular weight excluding hydrogens is 348 g/mol. The number of aromatic nitrogens is 2. The van der Waals surface area contributed by atoms with Gasteiger partial charge >= 0.3 is 0 Å². The second-order valence-corrected chi connectivity index (χ2v) is 7.05. The summed E-state index contributed by atoms with van der Waals surface area (Å²) in [7, 11) is 0. The van der Waals surface area contributed by atoms with Gasteiger partial charge in [-0.2, -0.15) is 0 Å². The Morgan fingerprint density at radius 2 is 1.68 bits per heavy atom. The first-order valence-corrected chi connectivity index (χ1v) is 9.96. The van der Waals surface area contributed by atoms with Crippen molar-refractivity contribution in [3.05, 3.63) is 67.0 Å². The molecule has 0 aliphatic carbocycles. The van der Waals surface area contributed by atoms with Gasteiger partial charge in [0.1, 0.15) is 24.5 Å². The fourth-order valence-electron chi connectivity index (χ4n) is 3.45. The Morgan fingerprint density at radius 1 is 0.893 bits per heavy atom. The van der Waals surface area contributed by atoms with Crippen molar-refractivity contribution in [1.82, 2.24) is 14.9 Å². The molecule has 3 aromatic rings. The molecule has 1 aliphatic rings. The normalized spacial score (nSPS) is 14.6. The number of ether oxygens (including phenoxy) is 1. The molecule has 4 rings (SSSR count). The highest BCUT2D eigenvalue weighted by Crippen LogP contribution is 2.22. The van der Waals surface area contributed by atoms with Crippen LogP contribution in [0.1, 0.15) is 19.3 Å². The molecule has 1 aliphatic heterocycles. The molecule has 5 heteroatoms. The number of nitrogens with one attached hydrogen (secondary N) is 1. The van der Waals surface area contributed by atoms with E-state index in [2.05, 4.69) is 20.2 Å². The predicted molar refractivity (Wildman–Crippen MR) is 113 cm³/mol. The summed E-state index contributed by atoms with van der Waals surface area (Å²) in [4.78, 5) is 11.2. The van der Waals surface area contributed by atoms with Gasteiger partial charge in [-0.05, 0) is 50.2 Å². The van der Waals surface area contributed by atoms with E-state index in [0.717, 1.165) is 41.7 Å². The average Bonchev–Trinajstić information content (AvgIpc) is 2.77. The Labute approximate surface area is 166 Å². The van der Waals surface area contributed by atoms with Crippen LogP contribution in [-0.4, -0.2) is 41.1 Å². The van der Waals surface area contributed by atoms with Crippen molar-refractivity contribution in [1.29, 1.82) is 0 Å². The van der Waals surface area contributed by atoms with E-state index < -0.39 is 0 Å². The zero-order valence-corrected chi connectivity index (χ0v) is 16.1. The first-order chi connectivity index (χ1) is 13.9. The zero-order chi connectivity index (χ0) is 19.0. The average molecular weight is 374 g/mol. The number of piperidine rings is 1. The molecule has 0 amide bonds. The molecule has 2 heterocycles. The van der Waals surface area contributed by atoms with Gasteiger partial charge in [0, 0.05) is 23.9 Å². The molecule has 0 radical (unpaired) electrons. The number of likely N-dealkylation sites (tertiary alicyclic amines) is 1. The van der Waals surface area contributed by atoms with Crippen LogP contribution in [0.4, 0.5) is 11.5 Å². The van der Waals surface area contributed by atoms with E-state index in [4.69, 9.17) is 4.74 Å². The molecular formula is C23H26N4O. The Kier molecular flexibility index (Phi) is 6.15. The summed E-state index contributed by atoms with van der Waals surface area (Å²) in [6.45, 7) is 4.15. The van der Waals surface area contributed by atoms with Crippen molar-refractivity contribution in [3.8, 4) is 17.0 Å². The quantitative estimate of drug-likeness (QED) is 0.647. The number of benzene rings is 2. The lowest BCUT2D eigenvalue weighted by molar-refractivity contribution is 0.183. The van der Waals surface area contributed by atoms with Gasteiger partial charge in [0.25, 0.3) is 0 Å². The van der Waals surface area contributed by atoms with Crippen LogP contribution in [0.5, 0.6) is 5.75 Å². The molecule has 144 valence electrons. The van der Waals surface area contributed by atoms with Gasteiger partial charge < -0.3 is 10.1 Å². The fourth-order valence-corrected chi connectivity index (χ4v) is 3.45. The lowest BCUT2D eigenvalue weighted by atomic mass is 10.1. The van der Waals surface area contributed by atoms with Gasteiger partial charge in [0.05, 0.1) is 5.69 Å². The summed E-state index contributed by atoms with van der Waals surface area (Å²) < 4.78 is 5.90. The standard InChI is InChI=1S/C23H26N4O/c1-3-7-19(8-4-1)22-17-23(25-18-24-22)26-20-9-11-21(12-10-20)28-16-15-27-13-5-2-6-14-27/h1,3-4,7-12,17-18H,2,5-6,13-16H2,(H,24,25,26). The van der Waals surface area contributed by atoms with Crippen LogP contribution >= 0.6 is 0 Å². The monoisotopic (exact) mass is 374 g/mol. The van der Waals surface area contributed by atoms with Crippen molar-refractivity contribution >= 4 is 11.5 Å². The van der Waals surface area contributed by atoms with E-state index in [-0.39, 0.29) is 0 Å². The zero-order valence-electron chi connectivity index (χ0n) is 16.1. The second-order valence-electron chi connectivity index (χ2n) is 7.05. The lowest BCUT2D eigenvalue weighted by Gasteiger charge is -2.26. The molecule has 1 saturated heterocycles. The summed E-state index contributed by atoms with van der Waals surface area (Å²) in [6.07, 6.45) is 5.58. The van der Waals surface area contributed by atoms with Gasteiger partial charge in [-0.15, -0.1) is 0 Å². The van der Waals surface area contributed by atoms with Crippen molar-refractivity contribution in [2.75, 3.05) is 31.6 Å². The van der Waals surface area contributed by atoms with Crippen LogP contribution in [0.3, 0.4) is 0 Å². The van der Waals surface area contributed by atoms with E-state index in [0.29, 0.717) is 0 Å². The molecule has 5 nitrogen and oxygen atoms in total. The smallest absolute Gasteiger partial charge is 0.134 e. The predicted octanol–water partition coefficient (Wildman–Crippen LogP) is 4.75. The minimum Gasteiger partial charge on any atom is -0.492 e. The minimum atomic E-state index is 0.735. The van der Waals surface area contributed by atoms with Gasteiger partial charge in [-0.25, -0.2) is 9.97 Å². The highest BCUT2D eigenvalue weighted by atomic mass is 16.5. The van der Waals surface area contributed by atoms with E-state index in [1.165, 1.54) is 32.4 Å². The second kappa shape index (κ2) is 9.33.